The summed E-state index contributed by atoms with van der Waals surface area (Å²) in [4.78, 5) is 33.0. The molecule has 0 saturated carbocycles. The third kappa shape index (κ3) is 5.51. The van der Waals surface area contributed by atoms with Crippen LogP contribution in [0.4, 0.5) is 0 Å². The summed E-state index contributed by atoms with van der Waals surface area (Å²) in [6.07, 6.45) is 3.18. The van der Waals surface area contributed by atoms with Gasteiger partial charge in [-0.1, -0.05) is 22.7 Å². The van der Waals surface area contributed by atoms with Crippen molar-refractivity contribution < 1.29 is 23.8 Å². The summed E-state index contributed by atoms with van der Waals surface area (Å²) >= 11 is 1.07. The number of nitrogens with zero attached hydrogens (tertiary/aromatic N) is 4. The van der Waals surface area contributed by atoms with Gasteiger partial charge >= 0.3 is 0 Å². The van der Waals surface area contributed by atoms with Gasteiger partial charge in [0.1, 0.15) is 11.8 Å². The molecule has 1 aliphatic heterocycles. The van der Waals surface area contributed by atoms with Gasteiger partial charge in [0.05, 0.1) is 7.11 Å². The van der Waals surface area contributed by atoms with Gasteiger partial charge in [-0.05, 0) is 64.6 Å². The van der Waals surface area contributed by atoms with Crippen LogP contribution in [0.25, 0.3) is 0 Å². The fourth-order valence-corrected chi connectivity index (χ4v) is 4.44. The van der Waals surface area contributed by atoms with Gasteiger partial charge < -0.3 is 24.4 Å². The van der Waals surface area contributed by atoms with E-state index >= 15 is 0 Å². The fourth-order valence-electron chi connectivity index (χ4n) is 4.01. The summed E-state index contributed by atoms with van der Waals surface area (Å²) in [6, 6.07) is 15.3. The predicted molar refractivity (Wildman–Crippen MR) is 134 cm³/mol. The van der Waals surface area contributed by atoms with Crippen LogP contribution in [0.5, 0.6) is 17.2 Å². The predicted octanol–water partition coefficient (Wildman–Crippen LogP) is 3.37. The molecule has 2 aromatic carbocycles. The molecule has 0 aliphatic carbocycles. The van der Waals surface area contributed by atoms with E-state index in [0.717, 1.165) is 22.7 Å². The molecule has 11 heteroatoms. The molecule has 10 nitrogen and oxygen atoms in total. The zero-order valence-electron chi connectivity index (χ0n) is 19.9. The van der Waals surface area contributed by atoms with Crippen molar-refractivity contribution in [3.05, 3.63) is 94.8 Å². The van der Waals surface area contributed by atoms with E-state index in [2.05, 4.69) is 19.9 Å². The summed E-state index contributed by atoms with van der Waals surface area (Å²) in [5.41, 5.74) is 2.40. The number of aromatic nitrogens is 3. The lowest BCUT2D eigenvalue weighted by Gasteiger charge is -2.31. The van der Waals surface area contributed by atoms with Crippen LogP contribution in [0.1, 0.15) is 33.2 Å². The average Bonchev–Trinajstić information content (AvgIpc) is 3.64. The van der Waals surface area contributed by atoms with Crippen LogP contribution in [0.2, 0.25) is 0 Å². The van der Waals surface area contributed by atoms with Crippen LogP contribution in [0.15, 0.2) is 72.4 Å². The lowest BCUT2D eigenvalue weighted by molar-refractivity contribution is -0.126. The minimum Gasteiger partial charge on any atom is -0.497 e. The number of ether oxygens (including phenoxy) is 3. The number of nitrogens with one attached hydrogen (secondary N) is 1. The molecule has 3 heterocycles. The summed E-state index contributed by atoms with van der Waals surface area (Å²) < 4.78 is 20.0. The van der Waals surface area contributed by atoms with Crippen LogP contribution in [0, 0.1) is 0 Å². The number of carbonyl (C=O) groups is 2. The standard InChI is InChI=1S/C26H23N5O5S/c1-34-20-4-2-3-18(11-20)14-31(26(33)21-15-37-30-29-21)24(19-7-9-27-10-8-19)25(32)28-13-17-5-6-22-23(12-17)36-16-35-22/h2-12,15,24H,13-14,16H2,1H3,(H,28,32). The lowest BCUT2D eigenvalue weighted by atomic mass is 10.0. The van der Waals surface area contributed by atoms with Crippen LogP contribution >= 0.6 is 11.5 Å². The highest BCUT2D eigenvalue weighted by Gasteiger charge is 2.33. The molecule has 0 saturated heterocycles. The highest BCUT2D eigenvalue weighted by atomic mass is 32.1. The number of hydrogen-bond donors (Lipinski definition) is 1. The first-order chi connectivity index (χ1) is 18.1. The molecule has 2 amide bonds. The first-order valence-electron chi connectivity index (χ1n) is 11.4. The number of amides is 2. The minimum absolute atomic E-state index is 0.137. The van der Waals surface area contributed by atoms with Crippen molar-refractivity contribution in [2.24, 2.45) is 0 Å². The lowest BCUT2D eigenvalue weighted by Crippen LogP contribution is -2.43. The van der Waals surface area contributed by atoms with Crippen molar-refractivity contribution in [1.82, 2.24) is 24.8 Å². The Morgan fingerprint density at radius 3 is 2.70 bits per heavy atom. The smallest absolute Gasteiger partial charge is 0.276 e. The van der Waals surface area contributed by atoms with E-state index in [9.17, 15) is 9.59 Å². The third-order valence-electron chi connectivity index (χ3n) is 5.81. The molecule has 1 N–H and O–H groups in total. The van der Waals surface area contributed by atoms with E-state index in [-0.39, 0.29) is 31.5 Å². The molecular formula is C26H23N5O5S. The first-order valence-corrected chi connectivity index (χ1v) is 12.2. The summed E-state index contributed by atoms with van der Waals surface area (Å²) in [7, 11) is 1.58. The molecule has 2 aromatic heterocycles. The third-order valence-corrected chi connectivity index (χ3v) is 6.32. The molecule has 1 atom stereocenters. The zero-order valence-corrected chi connectivity index (χ0v) is 20.7. The Hall–Kier alpha value is -4.51. The van der Waals surface area contributed by atoms with E-state index in [1.54, 1.807) is 43.1 Å². The second-order valence-electron chi connectivity index (χ2n) is 8.16. The van der Waals surface area contributed by atoms with E-state index in [0.29, 0.717) is 22.8 Å². The Morgan fingerprint density at radius 1 is 1.08 bits per heavy atom. The maximum Gasteiger partial charge on any atom is 0.276 e. The Kier molecular flexibility index (Phi) is 7.22. The molecule has 0 bridgehead atoms. The maximum atomic E-state index is 13.7. The van der Waals surface area contributed by atoms with Crippen LogP contribution < -0.4 is 19.5 Å². The SMILES string of the molecule is COc1cccc(CN(C(=O)c2csnn2)C(C(=O)NCc2ccc3c(c2)OCO3)c2ccncc2)c1. The van der Waals surface area contributed by atoms with Gasteiger partial charge in [0, 0.05) is 30.9 Å². The summed E-state index contributed by atoms with van der Waals surface area (Å²) in [6.45, 7) is 0.538. The Balaban J connectivity index is 1.46. The van der Waals surface area contributed by atoms with Crippen molar-refractivity contribution in [3.63, 3.8) is 0 Å². The molecule has 0 fully saturated rings. The number of carbonyl (C=O) groups excluding carboxylic acids is 2. The summed E-state index contributed by atoms with van der Waals surface area (Å²) in [5, 5.41) is 8.49. The van der Waals surface area contributed by atoms with Crippen LogP contribution in [0.3, 0.4) is 0 Å². The normalized spacial score (nSPS) is 12.6. The van der Waals surface area contributed by atoms with Gasteiger partial charge in [-0.3, -0.25) is 14.6 Å². The molecule has 1 unspecified atom stereocenters. The monoisotopic (exact) mass is 517 g/mol. The summed E-state index contributed by atoms with van der Waals surface area (Å²) in [5.74, 6) is 1.16. The van der Waals surface area contributed by atoms with Gasteiger partial charge in [0.2, 0.25) is 12.7 Å². The quantitative estimate of drug-likeness (QED) is 0.359. The van der Waals surface area contributed by atoms with Crippen molar-refractivity contribution in [2.45, 2.75) is 19.1 Å². The van der Waals surface area contributed by atoms with Crippen molar-refractivity contribution in [2.75, 3.05) is 13.9 Å². The fraction of sp³-hybridized carbons (Fsp3) is 0.192. The largest absolute Gasteiger partial charge is 0.497 e. The number of benzene rings is 2. The van der Waals surface area contributed by atoms with E-state index in [4.69, 9.17) is 14.2 Å². The molecule has 0 spiro atoms. The second-order valence-corrected chi connectivity index (χ2v) is 8.77. The van der Waals surface area contributed by atoms with E-state index in [1.807, 2.05) is 36.4 Å². The first kappa shape index (κ1) is 24.2. The highest BCUT2D eigenvalue weighted by Crippen LogP contribution is 2.32. The average molecular weight is 518 g/mol. The minimum atomic E-state index is -0.961. The molecule has 188 valence electrons. The number of hydrogen-bond acceptors (Lipinski definition) is 9. The van der Waals surface area contributed by atoms with Crippen molar-refractivity contribution in [1.29, 1.82) is 0 Å². The van der Waals surface area contributed by atoms with Gasteiger partial charge in [-0.15, -0.1) is 5.10 Å². The zero-order chi connectivity index (χ0) is 25.6. The number of methoxy groups -OCH3 is 1. The van der Waals surface area contributed by atoms with Gasteiger partial charge in [-0.2, -0.15) is 0 Å². The van der Waals surface area contributed by atoms with Gasteiger partial charge in [-0.25, -0.2) is 0 Å². The van der Waals surface area contributed by atoms with Crippen molar-refractivity contribution >= 4 is 23.3 Å². The Labute approximate surface area is 217 Å². The van der Waals surface area contributed by atoms with Crippen molar-refractivity contribution in [3.8, 4) is 17.2 Å². The van der Waals surface area contributed by atoms with E-state index in [1.165, 1.54) is 4.90 Å². The maximum absolute atomic E-state index is 13.7. The van der Waals surface area contributed by atoms with Crippen LogP contribution in [-0.2, 0) is 17.9 Å². The molecule has 1 aliphatic rings. The number of rotatable bonds is 9. The Morgan fingerprint density at radius 2 is 1.92 bits per heavy atom. The Bertz CT molecular complexity index is 1380. The molecular weight excluding hydrogens is 494 g/mol. The topological polar surface area (TPSA) is 116 Å². The second kappa shape index (κ2) is 11.0. The molecule has 37 heavy (non-hydrogen) atoms. The molecule has 5 rings (SSSR count). The molecule has 4 aromatic rings. The molecule has 0 radical (unpaired) electrons. The van der Waals surface area contributed by atoms with Gasteiger partial charge in [0.25, 0.3) is 5.91 Å². The van der Waals surface area contributed by atoms with E-state index < -0.39 is 11.9 Å². The highest BCUT2D eigenvalue weighted by molar-refractivity contribution is 7.03. The number of pyridine rings is 1. The van der Waals surface area contributed by atoms with Gasteiger partial charge in [0.15, 0.2) is 17.2 Å². The number of fused-ring (bicyclic) bond motifs is 1. The van der Waals surface area contributed by atoms with Crippen LogP contribution in [-0.4, -0.2) is 45.2 Å².